The summed E-state index contributed by atoms with van der Waals surface area (Å²) >= 11 is 0. The van der Waals surface area contributed by atoms with Gasteiger partial charge in [0.15, 0.2) is 17.9 Å². The third-order valence-electron chi connectivity index (χ3n) is 4.98. The third kappa shape index (κ3) is 4.73. The lowest BCUT2D eigenvalue weighted by Crippen LogP contribution is -2.44. The summed E-state index contributed by atoms with van der Waals surface area (Å²) in [5, 5.41) is 0. The lowest BCUT2D eigenvalue weighted by atomic mass is 10.1. The highest BCUT2D eigenvalue weighted by atomic mass is 16.8. The molecule has 3 saturated heterocycles. The van der Waals surface area contributed by atoms with Crippen molar-refractivity contribution in [3.8, 4) is 0 Å². The van der Waals surface area contributed by atoms with Gasteiger partial charge in [0, 0.05) is 6.61 Å². The summed E-state index contributed by atoms with van der Waals surface area (Å²) in [7, 11) is 0. The molecule has 25 heavy (non-hydrogen) atoms. The molecular formula is C19H34O6. The van der Waals surface area contributed by atoms with E-state index in [1.54, 1.807) is 0 Å². The normalized spacial score (nSPS) is 39.0. The lowest BCUT2D eigenvalue weighted by molar-refractivity contribution is -0.236. The van der Waals surface area contributed by atoms with Crippen LogP contribution in [0.15, 0.2) is 0 Å². The highest BCUT2D eigenvalue weighted by molar-refractivity contribution is 4.98. The van der Waals surface area contributed by atoms with Crippen molar-refractivity contribution in [2.45, 2.75) is 109 Å². The highest BCUT2D eigenvalue weighted by Gasteiger charge is 2.58. The van der Waals surface area contributed by atoms with Crippen LogP contribution in [0, 0.1) is 0 Å². The molecule has 0 saturated carbocycles. The van der Waals surface area contributed by atoms with E-state index >= 15 is 0 Å². The second-order valence-electron chi connectivity index (χ2n) is 8.19. The SMILES string of the molecule is CCCCCCCO[C@@H]1[C@H]2OC(C)(C)O[C@H]2O[C@@H]1[C@@H]1COC(C)(C)O1. The van der Waals surface area contributed by atoms with Gasteiger partial charge in [0.2, 0.25) is 0 Å². The van der Waals surface area contributed by atoms with Crippen molar-refractivity contribution >= 4 is 0 Å². The molecule has 3 heterocycles. The first-order chi connectivity index (χ1) is 11.8. The van der Waals surface area contributed by atoms with E-state index < -0.39 is 17.9 Å². The highest BCUT2D eigenvalue weighted by Crippen LogP contribution is 2.41. The minimum Gasteiger partial charge on any atom is -0.372 e. The van der Waals surface area contributed by atoms with Crippen molar-refractivity contribution in [1.82, 2.24) is 0 Å². The molecule has 0 amide bonds. The zero-order valence-corrected chi connectivity index (χ0v) is 16.3. The molecule has 3 fully saturated rings. The van der Waals surface area contributed by atoms with Gasteiger partial charge in [-0.05, 0) is 34.1 Å². The minimum absolute atomic E-state index is 0.166. The maximum Gasteiger partial charge on any atom is 0.190 e. The molecule has 0 spiro atoms. The maximum absolute atomic E-state index is 6.22. The van der Waals surface area contributed by atoms with Gasteiger partial charge in [0.05, 0.1) is 6.61 Å². The standard InChI is InChI=1S/C19H34O6/c1-6-7-8-9-10-11-20-15-14(13-12-21-18(2,3)23-13)22-17-16(15)24-19(4,5)25-17/h13-17H,6-12H2,1-5H3/t13-,14+,15-,16+,17+/m0/s1. The first-order valence-electron chi connectivity index (χ1n) is 9.76. The number of hydrogen-bond acceptors (Lipinski definition) is 6. The van der Waals surface area contributed by atoms with Crippen LogP contribution in [0.4, 0.5) is 0 Å². The van der Waals surface area contributed by atoms with Crippen molar-refractivity contribution in [3.05, 3.63) is 0 Å². The van der Waals surface area contributed by atoms with Crippen LogP contribution in [0.1, 0.15) is 66.7 Å². The van der Waals surface area contributed by atoms with Gasteiger partial charge < -0.3 is 28.4 Å². The second-order valence-corrected chi connectivity index (χ2v) is 8.19. The summed E-state index contributed by atoms with van der Waals surface area (Å²) < 4.78 is 36.0. The molecule has 3 aliphatic rings. The second kappa shape index (κ2) is 7.79. The average Bonchev–Trinajstić information content (AvgIpc) is 3.13. The topological polar surface area (TPSA) is 55.4 Å². The fraction of sp³-hybridized carbons (Fsp3) is 1.00. The van der Waals surface area contributed by atoms with E-state index in [4.69, 9.17) is 28.4 Å². The summed E-state index contributed by atoms with van der Waals surface area (Å²) in [6.45, 7) is 11.1. The Morgan fingerprint density at radius 3 is 2.32 bits per heavy atom. The van der Waals surface area contributed by atoms with Gasteiger partial charge in [0.25, 0.3) is 0 Å². The van der Waals surface area contributed by atoms with Gasteiger partial charge in [-0.2, -0.15) is 0 Å². The molecular weight excluding hydrogens is 324 g/mol. The third-order valence-corrected chi connectivity index (χ3v) is 4.98. The fourth-order valence-corrected chi connectivity index (χ4v) is 3.80. The van der Waals surface area contributed by atoms with Gasteiger partial charge in [-0.25, -0.2) is 0 Å². The quantitative estimate of drug-likeness (QED) is 0.620. The predicted molar refractivity (Wildman–Crippen MR) is 92.1 cm³/mol. The Hall–Kier alpha value is -0.240. The first-order valence-corrected chi connectivity index (χ1v) is 9.76. The molecule has 0 unspecified atom stereocenters. The van der Waals surface area contributed by atoms with Crippen LogP contribution in [0.5, 0.6) is 0 Å². The van der Waals surface area contributed by atoms with Crippen molar-refractivity contribution in [1.29, 1.82) is 0 Å². The largest absolute Gasteiger partial charge is 0.372 e. The number of ether oxygens (including phenoxy) is 6. The molecule has 5 atom stereocenters. The number of hydrogen-bond donors (Lipinski definition) is 0. The molecule has 0 aromatic carbocycles. The van der Waals surface area contributed by atoms with Gasteiger partial charge in [0.1, 0.15) is 24.4 Å². The van der Waals surface area contributed by atoms with Gasteiger partial charge in [-0.15, -0.1) is 0 Å². The van der Waals surface area contributed by atoms with E-state index in [2.05, 4.69) is 6.92 Å². The molecule has 0 aromatic rings. The Morgan fingerprint density at radius 1 is 0.880 bits per heavy atom. The molecule has 3 rings (SSSR count). The molecule has 0 radical (unpaired) electrons. The van der Waals surface area contributed by atoms with Crippen molar-refractivity contribution in [3.63, 3.8) is 0 Å². The monoisotopic (exact) mass is 358 g/mol. The summed E-state index contributed by atoms with van der Waals surface area (Å²) in [6, 6.07) is 0. The lowest BCUT2D eigenvalue weighted by Gasteiger charge is -2.29. The van der Waals surface area contributed by atoms with Crippen LogP contribution in [0.3, 0.4) is 0 Å². The Kier molecular flexibility index (Phi) is 6.08. The molecule has 146 valence electrons. The Bertz CT molecular complexity index is 438. The molecule has 0 aliphatic carbocycles. The van der Waals surface area contributed by atoms with E-state index in [9.17, 15) is 0 Å². The van der Waals surface area contributed by atoms with E-state index in [0.717, 1.165) is 6.42 Å². The van der Waals surface area contributed by atoms with Crippen LogP contribution in [0.25, 0.3) is 0 Å². The summed E-state index contributed by atoms with van der Waals surface area (Å²) in [5.74, 6) is -1.23. The Balaban J connectivity index is 1.57. The summed E-state index contributed by atoms with van der Waals surface area (Å²) in [4.78, 5) is 0. The van der Waals surface area contributed by atoms with Crippen molar-refractivity contribution in [2.24, 2.45) is 0 Å². The van der Waals surface area contributed by atoms with E-state index in [1.165, 1.54) is 25.7 Å². The zero-order valence-electron chi connectivity index (χ0n) is 16.3. The van der Waals surface area contributed by atoms with Gasteiger partial charge >= 0.3 is 0 Å². The predicted octanol–water partition coefficient (Wildman–Crippen LogP) is 3.37. The molecule has 0 aromatic heterocycles. The Morgan fingerprint density at radius 2 is 1.64 bits per heavy atom. The Labute approximate surface area is 151 Å². The smallest absolute Gasteiger partial charge is 0.190 e. The van der Waals surface area contributed by atoms with E-state index in [0.29, 0.717) is 13.2 Å². The fourth-order valence-electron chi connectivity index (χ4n) is 3.80. The van der Waals surface area contributed by atoms with Crippen molar-refractivity contribution in [2.75, 3.05) is 13.2 Å². The molecule has 6 nitrogen and oxygen atoms in total. The maximum atomic E-state index is 6.22. The van der Waals surface area contributed by atoms with Gasteiger partial charge in [-0.1, -0.05) is 32.6 Å². The number of fused-ring (bicyclic) bond motifs is 1. The molecule has 3 aliphatic heterocycles. The summed E-state index contributed by atoms with van der Waals surface area (Å²) in [6.07, 6.45) is 4.82. The van der Waals surface area contributed by atoms with Gasteiger partial charge in [-0.3, -0.25) is 0 Å². The minimum atomic E-state index is -0.644. The van der Waals surface area contributed by atoms with Crippen molar-refractivity contribution < 1.29 is 28.4 Å². The number of unbranched alkanes of at least 4 members (excludes halogenated alkanes) is 4. The van der Waals surface area contributed by atoms with E-state index in [-0.39, 0.29) is 24.4 Å². The average molecular weight is 358 g/mol. The van der Waals surface area contributed by atoms with Crippen LogP contribution >= 0.6 is 0 Å². The van der Waals surface area contributed by atoms with E-state index in [1.807, 2.05) is 27.7 Å². The molecule has 0 bridgehead atoms. The van der Waals surface area contributed by atoms with Crippen LogP contribution in [-0.2, 0) is 28.4 Å². The molecule has 6 heteroatoms. The summed E-state index contributed by atoms with van der Waals surface area (Å²) in [5.41, 5.74) is 0. The molecule has 0 N–H and O–H groups in total. The van der Waals surface area contributed by atoms with Crippen LogP contribution < -0.4 is 0 Å². The number of rotatable bonds is 8. The van der Waals surface area contributed by atoms with Crippen LogP contribution in [-0.4, -0.2) is 55.5 Å². The zero-order chi connectivity index (χ0) is 18.1. The first kappa shape index (κ1) is 19.5. The van der Waals surface area contributed by atoms with Crippen LogP contribution in [0.2, 0.25) is 0 Å².